The van der Waals surface area contributed by atoms with Gasteiger partial charge in [0.1, 0.15) is 5.82 Å². The molecule has 0 atom stereocenters. The first kappa shape index (κ1) is 14.9. The number of pyridine rings is 1. The summed E-state index contributed by atoms with van der Waals surface area (Å²) in [7, 11) is 0. The normalized spacial score (nSPS) is 15.1. The fourth-order valence-corrected chi connectivity index (χ4v) is 2.51. The lowest BCUT2D eigenvalue weighted by atomic mass is 10.0. The molecule has 1 aliphatic rings. The number of benzene rings is 1. The van der Waals surface area contributed by atoms with Crippen molar-refractivity contribution in [3.8, 4) is 11.1 Å². The minimum Gasteiger partial charge on any atom is -0.392 e. The van der Waals surface area contributed by atoms with Crippen LogP contribution in [0, 0.1) is 11.6 Å². The Morgan fingerprint density at radius 2 is 2.00 bits per heavy atom. The van der Waals surface area contributed by atoms with Crippen molar-refractivity contribution in [1.82, 2.24) is 4.98 Å². The van der Waals surface area contributed by atoms with Gasteiger partial charge in [-0.2, -0.15) is 0 Å². The van der Waals surface area contributed by atoms with E-state index < -0.39 is 18.2 Å². The van der Waals surface area contributed by atoms with Crippen LogP contribution in [0.5, 0.6) is 0 Å². The Morgan fingerprint density at radius 1 is 1.23 bits per heavy atom. The molecule has 1 aromatic heterocycles. The monoisotopic (exact) mass is 306 g/mol. The first-order valence-corrected chi connectivity index (χ1v) is 7.07. The van der Waals surface area contributed by atoms with Crippen LogP contribution in [-0.4, -0.2) is 36.4 Å². The van der Waals surface area contributed by atoms with Gasteiger partial charge in [-0.1, -0.05) is 18.2 Å². The van der Waals surface area contributed by atoms with Gasteiger partial charge in [0.2, 0.25) is 0 Å². The predicted octanol–water partition coefficient (Wildman–Crippen LogP) is 2.36. The Morgan fingerprint density at radius 3 is 2.68 bits per heavy atom. The molecule has 1 aliphatic heterocycles. The third-order valence-electron chi connectivity index (χ3n) is 3.69. The maximum absolute atomic E-state index is 14.3. The molecular formula is C16H16F2N2O2. The largest absolute Gasteiger partial charge is 0.392 e. The van der Waals surface area contributed by atoms with E-state index in [9.17, 15) is 8.78 Å². The van der Waals surface area contributed by atoms with Crippen molar-refractivity contribution in [2.45, 2.75) is 6.61 Å². The molecule has 6 heteroatoms. The van der Waals surface area contributed by atoms with Crippen LogP contribution in [0.15, 0.2) is 30.5 Å². The maximum atomic E-state index is 14.3. The summed E-state index contributed by atoms with van der Waals surface area (Å²) >= 11 is 0. The molecule has 4 nitrogen and oxygen atoms in total. The molecule has 116 valence electrons. The van der Waals surface area contributed by atoms with Gasteiger partial charge < -0.3 is 14.7 Å². The number of morpholine rings is 1. The zero-order chi connectivity index (χ0) is 15.5. The summed E-state index contributed by atoms with van der Waals surface area (Å²) in [6, 6.07) is 5.93. The van der Waals surface area contributed by atoms with Gasteiger partial charge in [0, 0.05) is 36.0 Å². The van der Waals surface area contributed by atoms with E-state index in [2.05, 4.69) is 4.98 Å². The number of ether oxygens (including phenoxy) is 1. The molecule has 0 radical (unpaired) electrons. The van der Waals surface area contributed by atoms with E-state index in [4.69, 9.17) is 9.84 Å². The van der Waals surface area contributed by atoms with Crippen molar-refractivity contribution in [3.05, 3.63) is 47.7 Å². The molecule has 1 fully saturated rings. The maximum Gasteiger partial charge on any atom is 0.166 e. The van der Waals surface area contributed by atoms with Crippen molar-refractivity contribution in [2.75, 3.05) is 31.2 Å². The number of aromatic nitrogens is 1. The van der Waals surface area contributed by atoms with Gasteiger partial charge in [-0.3, -0.25) is 0 Å². The SMILES string of the molecule is OCc1cccc(-c2cnc(N3CCOCC3)c(F)c2)c1F. The molecule has 3 rings (SSSR count). The van der Waals surface area contributed by atoms with E-state index in [1.165, 1.54) is 18.3 Å². The van der Waals surface area contributed by atoms with E-state index >= 15 is 0 Å². The van der Waals surface area contributed by atoms with E-state index in [-0.39, 0.29) is 16.9 Å². The molecule has 2 heterocycles. The molecule has 0 spiro atoms. The third-order valence-corrected chi connectivity index (χ3v) is 3.69. The first-order valence-electron chi connectivity index (χ1n) is 7.07. The van der Waals surface area contributed by atoms with Crippen molar-refractivity contribution in [2.24, 2.45) is 0 Å². The van der Waals surface area contributed by atoms with E-state index in [0.29, 0.717) is 31.9 Å². The highest BCUT2D eigenvalue weighted by molar-refractivity contribution is 5.66. The van der Waals surface area contributed by atoms with E-state index in [1.807, 2.05) is 4.90 Å². The van der Waals surface area contributed by atoms with E-state index in [1.54, 1.807) is 12.1 Å². The Balaban J connectivity index is 1.95. The lowest BCUT2D eigenvalue weighted by Crippen LogP contribution is -2.37. The number of hydrogen-bond acceptors (Lipinski definition) is 4. The molecular weight excluding hydrogens is 290 g/mol. The lowest BCUT2D eigenvalue weighted by molar-refractivity contribution is 0.122. The highest BCUT2D eigenvalue weighted by Gasteiger charge is 2.18. The quantitative estimate of drug-likeness (QED) is 0.945. The van der Waals surface area contributed by atoms with Crippen LogP contribution < -0.4 is 4.90 Å². The average Bonchev–Trinajstić information content (AvgIpc) is 2.56. The Hall–Kier alpha value is -2.05. The van der Waals surface area contributed by atoms with Gasteiger partial charge in [-0.05, 0) is 6.07 Å². The molecule has 22 heavy (non-hydrogen) atoms. The highest BCUT2D eigenvalue weighted by atomic mass is 19.1. The van der Waals surface area contributed by atoms with Crippen molar-refractivity contribution in [3.63, 3.8) is 0 Å². The second kappa shape index (κ2) is 6.37. The highest BCUT2D eigenvalue weighted by Crippen LogP contribution is 2.28. The fraction of sp³-hybridized carbons (Fsp3) is 0.312. The smallest absolute Gasteiger partial charge is 0.166 e. The summed E-state index contributed by atoms with van der Waals surface area (Å²) in [6.07, 6.45) is 1.45. The average molecular weight is 306 g/mol. The Kier molecular flexibility index (Phi) is 4.31. The topological polar surface area (TPSA) is 45.6 Å². The van der Waals surface area contributed by atoms with Crippen LogP contribution >= 0.6 is 0 Å². The van der Waals surface area contributed by atoms with Gasteiger partial charge in [-0.15, -0.1) is 0 Å². The molecule has 0 amide bonds. The summed E-state index contributed by atoms with van der Waals surface area (Å²) in [5.41, 5.74) is 0.754. The predicted molar refractivity (Wildman–Crippen MR) is 78.5 cm³/mol. The molecule has 2 aromatic rings. The number of halogens is 2. The number of rotatable bonds is 3. The number of hydrogen-bond donors (Lipinski definition) is 1. The van der Waals surface area contributed by atoms with Crippen LogP contribution in [0.2, 0.25) is 0 Å². The van der Waals surface area contributed by atoms with Crippen LogP contribution in [0.3, 0.4) is 0 Å². The summed E-state index contributed by atoms with van der Waals surface area (Å²) in [5, 5.41) is 9.11. The van der Waals surface area contributed by atoms with Gasteiger partial charge in [0.05, 0.1) is 19.8 Å². The molecule has 0 aliphatic carbocycles. The zero-order valence-corrected chi connectivity index (χ0v) is 11.9. The second-order valence-electron chi connectivity index (χ2n) is 5.07. The van der Waals surface area contributed by atoms with Gasteiger partial charge in [0.25, 0.3) is 0 Å². The van der Waals surface area contributed by atoms with Crippen molar-refractivity contribution in [1.29, 1.82) is 0 Å². The zero-order valence-electron chi connectivity index (χ0n) is 11.9. The van der Waals surface area contributed by atoms with Gasteiger partial charge in [0.15, 0.2) is 11.6 Å². The van der Waals surface area contributed by atoms with Crippen LogP contribution in [0.4, 0.5) is 14.6 Å². The Labute approximate surface area is 127 Å². The summed E-state index contributed by atoms with van der Waals surface area (Å²) in [4.78, 5) is 5.95. The van der Waals surface area contributed by atoms with Crippen molar-refractivity contribution >= 4 is 5.82 Å². The van der Waals surface area contributed by atoms with Crippen molar-refractivity contribution < 1.29 is 18.6 Å². The number of aliphatic hydroxyl groups is 1. The summed E-state index contributed by atoms with van der Waals surface area (Å²) in [6.45, 7) is 1.84. The van der Waals surface area contributed by atoms with E-state index in [0.717, 1.165) is 0 Å². The number of nitrogens with zero attached hydrogens (tertiary/aromatic N) is 2. The van der Waals surface area contributed by atoms with Gasteiger partial charge in [-0.25, -0.2) is 13.8 Å². The minimum absolute atomic E-state index is 0.176. The third kappa shape index (κ3) is 2.80. The molecule has 0 unspecified atom stereocenters. The lowest BCUT2D eigenvalue weighted by Gasteiger charge is -2.28. The molecule has 0 bridgehead atoms. The van der Waals surface area contributed by atoms with Gasteiger partial charge >= 0.3 is 0 Å². The molecule has 1 aromatic carbocycles. The van der Waals surface area contributed by atoms with Crippen LogP contribution in [-0.2, 0) is 11.3 Å². The number of anilines is 1. The summed E-state index contributed by atoms with van der Waals surface area (Å²) in [5.74, 6) is -0.788. The Bertz CT molecular complexity index is 673. The molecule has 1 N–H and O–H groups in total. The van der Waals surface area contributed by atoms with Crippen LogP contribution in [0.1, 0.15) is 5.56 Å². The standard InChI is InChI=1S/C16H16F2N2O2/c17-14-8-12(13-3-1-2-11(10-21)15(13)18)9-19-16(14)20-4-6-22-7-5-20/h1-3,8-9,21H,4-7,10H2. The first-order chi connectivity index (χ1) is 10.7. The molecule has 0 saturated carbocycles. The number of aliphatic hydroxyl groups excluding tert-OH is 1. The fourth-order valence-electron chi connectivity index (χ4n) is 2.51. The summed E-state index contributed by atoms with van der Waals surface area (Å²) < 4.78 is 33.8. The minimum atomic E-state index is -0.551. The van der Waals surface area contributed by atoms with Crippen LogP contribution in [0.25, 0.3) is 11.1 Å². The molecule has 1 saturated heterocycles. The second-order valence-corrected chi connectivity index (χ2v) is 5.07.